The third-order valence-electron chi connectivity index (χ3n) is 5.39. The fourth-order valence-corrected chi connectivity index (χ4v) is 3.99. The Bertz CT molecular complexity index is 871. The van der Waals surface area contributed by atoms with Gasteiger partial charge < -0.3 is 15.0 Å². The van der Waals surface area contributed by atoms with Crippen LogP contribution in [0.15, 0.2) is 53.0 Å². The Morgan fingerprint density at radius 1 is 1.09 bits per heavy atom. The SMILES string of the molecule is CCCNC(=O)[C@@H](CC)N(CCc1ccccc1)C(=O)COc1ccc(C(C)C)cc1Br. The molecule has 0 radical (unpaired) electrons. The Kier molecular flexibility index (Phi) is 10.7. The summed E-state index contributed by atoms with van der Waals surface area (Å²) in [6, 6.07) is 15.4. The number of nitrogens with zero attached hydrogens (tertiary/aromatic N) is 1. The number of carbonyl (C=O) groups is 2. The molecule has 0 aliphatic heterocycles. The molecule has 0 saturated heterocycles. The second-order valence-corrected chi connectivity index (χ2v) is 9.03. The fraction of sp³-hybridized carbons (Fsp3) is 0.462. The summed E-state index contributed by atoms with van der Waals surface area (Å²) in [5.41, 5.74) is 2.32. The first-order valence-corrected chi connectivity index (χ1v) is 12.2. The summed E-state index contributed by atoms with van der Waals surface area (Å²) in [5, 5.41) is 2.94. The third kappa shape index (κ3) is 7.66. The summed E-state index contributed by atoms with van der Waals surface area (Å²) in [4.78, 5) is 27.6. The smallest absolute Gasteiger partial charge is 0.261 e. The fourth-order valence-electron chi connectivity index (χ4n) is 3.48. The normalized spacial score (nSPS) is 11.8. The molecule has 32 heavy (non-hydrogen) atoms. The van der Waals surface area contributed by atoms with Gasteiger partial charge in [-0.3, -0.25) is 9.59 Å². The summed E-state index contributed by atoms with van der Waals surface area (Å²) in [6.07, 6.45) is 2.07. The Labute approximate surface area is 200 Å². The number of hydrogen-bond acceptors (Lipinski definition) is 3. The van der Waals surface area contributed by atoms with Crippen LogP contribution in [0.2, 0.25) is 0 Å². The lowest BCUT2D eigenvalue weighted by Gasteiger charge is -2.30. The Morgan fingerprint density at radius 3 is 2.41 bits per heavy atom. The van der Waals surface area contributed by atoms with Crippen LogP contribution in [0.3, 0.4) is 0 Å². The Morgan fingerprint density at radius 2 is 1.81 bits per heavy atom. The van der Waals surface area contributed by atoms with Gasteiger partial charge in [0.15, 0.2) is 6.61 Å². The van der Waals surface area contributed by atoms with E-state index in [1.54, 1.807) is 4.90 Å². The van der Waals surface area contributed by atoms with Crippen LogP contribution in [0.25, 0.3) is 0 Å². The maximum Gasteiger partial charge on any atom is 0.261 e. The molecule has 0 saturated carbocycles. The summed E-state index contributed by atoms with van der Waals surface area (Å²) >= 11 is 3.54. The van der Waals surface area contributed by atoms with Crippen molar-refractivity contribution in [3.8, 4) is 5.75 Å². The summed E-state index contributed by atoms with van der Waals surface area (Å²) < 4.78 is 6.67. The number of halogens is 1. The highest BCUT2D eigenvalue weighted by Crippen LogP contribution is 2.29. The van der Waals surface area contributed by atoms with Crippen molar-refractivity contribution < 1.29 is 14.3 Å². The van der Waals surface area contributed by atoms with Crippen LogP contribution in [-0.4, -0.2) is 42.5 Å². The molecule has 2 aromatic carbocycles. The first kappa shape index (κ1) is 25.9. The second kappa shape index (κ2) is 13.3. The molecule has 0 bridgehead atoms. The minimum absolute atomic E-state index is 0.113. The molecule has 2 rings (SSSR count). The van der Waals surface area contributed by atoms with Crippen LogP contribution in [0.4, 0.5) is 0 Å². The van der Waals surface area contributed by atoms with Crippen LogP contribution in [0.5, 0.6) is 5.75 Å². The molecule has 6 heteroatoms. The number of nitrogens with one attached hydrogen (secondary N) is 1. The summed E-state index contributed by atoms with van der Waals surface area (Å²) in [6.45, 7) is 9.14. The minimum Gasteiger partial charge on any atom is -0.483 e. The van der Waals surface area contributed by atoms with Crippen LogP contribution < -0.4 is 10.1 Å². The predicted molar refractivity (Wildman–Crippen MR) is 133 cm³/mol. The molecule has 1 atom stereocenters. The van der Waals surface area contributed by atoms with Gasteiger partial charge in [-0.2, -0.15) is 0 Å². The molecule has 0 fully saturated rings. The van der Waals surface area contributed by atoms with E-state index in [0.29, 0.717) is 37.6 Å². The molecule has 0 aromatic heterocycles. The zero-order valence-electron chi connectivity index (χ0n) is 19.6. The van der Waals surface area contributed by atoms with Crippen molar-refractivity contribution in [1.82, 2.24) is 10.2 Å². The first-order chi connectivity index (χ1) is 15.4. The van der Waals surface area contributed by atoms with Gasteiger partial charge in [-0.05, 0) is 64.4 Å². The molecular formula is C26H35BrN2O3. The topological polar surface area (TPSA) is 58.6 Å². The molecule has 5 nitrogen and oxygen atoms in total. The molecule has 2 aromatic rings. The van der Waals surface area contributed by atoms with E-state index < -0.39 is 6.04 Å². The third-order valence-corrected chi connectivity index (χ3v) is 6.01. The van der Waals surface area contributed by atoms with Crippen molar-refractivity contribution in [2.24, 2.45) is 0 Å². The van der Waals surface area contributed by atoms with Gasteiger partial charge in [0.1, 0.15) is 11.8 Å². The van der Waals surface area contributed by atoms with Crippen LogP contribution in [0.1, 0.15) is 57.6 Å². The number of carbonyl (C=O) groups excluding carboxylic acids is 2. The summed E-state index contributed by atoms with van der Waals surface area (Å²) in [5.74, 6) is 0.717. The average Bonchev–Trinajstić information content (AvgIpc) is 2.79. The molecule has 0 unspecified atom stereocenters. The largest absolute Gasteiger partial charge is 0.483 e. The first-order valence-electron chi connectivity index (χ1n) is 11.4. The molecule has 174 valence electrons. The van der Waals surface area contributed by atoms with E-state index in [9.17, 15) is 9.59 Å². The number of rotatable bonds is 12. The maximum absolute atomic E-state index is 13.2. The zero-order valence-corrected chi connectivity index (χ0v) is 21.2. The standard InChI is InChI=1S/C26H35BrN2O3/c1-5-15-28-26(31)23(6-2)29(16-14-20-10-8-7-9-11-20)25(30)18-32-24-13-12-21(19(3)4)17-22(24)27/h7-13,17,19,23H,5-6,14-16,18H2,1-4H3,(H,28,31)/t23-/m1/s1. The van der Waals surface area contributed by atoms with E-state index >= 15 is 0 Å². The highest BCUT2D eigenvalue weighted by atomic mass is 79.9. The second-order valence-electron chi connectivity index (χ2n) is 8.17. The van der Waals surface area contributed by atoms with E-state index in [0.717, 1.165) is 16.5 Å². The van der Waals surface area contributed by atoms with Crippen molar-refractivity contribution in [3.05, 3.63) is 64.1 Å². The van der Waals surface area contributed by atoms with E-state index in [2.05, 4.69) is 35.1 Å². The van der Waals surface area contributed by atoms with E-state index in [1.807, 2.05) is 62.4 Å². The number of benzene rings is 2. The van der Waals surface area contributed by atoms with Crippen molar-refractivity contribution in [2.75, 3.05) is 19.7 Å². The van der Waals surface area contributed by atoms with Gasteiger partial charge in [0, 0.05) is 13.1 Å². The van der Waals surface area contributed by atoms with Crippen molar-refractivity contribution in [1.29, 1.82) is 0 Å². The summed E-state index contributed by atoms with van der Waals surface area (Å²) in [7, 11) is 0. The lowest BCUT2D eigenvalue weighted by atomic mass is 10.0. The van der Waals surface area contributed by atoms with Gasteiger partial charge in [-0.15, -0.1) is 0 Å². The van der Waals surface area contributed by atoms with Crippen molar-refractivity contribution in [2.45, 2.75) is 58.9 Å². The van der Waals surface area contributed by atoms with Gasteiger partial charge >= 0.3 is 0 Å². The Hall–Kier alpha value is -2.34. The molecule has 0 spiro atoms. The van der Waals surface area contributed by atoms with E-state index in [4.69, 9.17) is 4.74 Å². The molecule has 0 aliphatic carbocycles. The van der Waals surface area contributed by atoms with Gasteiger partial charge in [0.2, 0.25) is 5.91 Å². The minimum atomic E-state index is -0.520. The van der Waals surface area contributed by atoms with Crippen LogP contribution in [-0.2, 0) is 16.0 Å². The van der Waals surface area contributed by atoms with Crippen LogP contribution >= 0.6 is 15.9 Å². The molecule has 0 heterocycles. The molecule has 2 amide bonds. The van der Waals surface area contributed by atoms with Crippen molar-refractivity contribution in [3.63, 3.8) is 0 Å². The molecule has 1 N–H and O–H groups in total. The number of amides is 2. The zero-order chi connectivity index (χ0) is 23.5. The average molecular weight is 503 g/mol. The Balaban J connectivity index is 2.13. The lowest BCUT2D eigenvalue weighted by Crippen LogP contribution is -2.51. The molecular weight excluding hydrogens is 468 g/mol. The number of ether oxygens (including phenoxy) is 1. The monoisotopic (exact) mass is 502 g/mol. The van der Waals surface area contributed by atoms with Crippen LogP contribution in [0, 0.1) is 0 Å². The maximum atomic E-state index is 13.2. The highest BCUT2D eigenvalue weighted by Gasteiger charge is 2.28. The van der Waals surface area contributed by atoms with E-state index in [1.165, 1.54) is 5.56 Å². The lowest BCUT2D eigenvalue weighted by molar-refractivity contribution is -0.142. The van der Waals surface area contributed by atoms with Gasteiger partial charge in [-0.25, -0.2) is 0 Å². The van der Waals surface area contributed by atoms with Gasteiger partial charge in [0.05, 0.1) is 4.47 Å². The predicted octanol–water partition coefficient (Wildman–Crippen LogP) is 5.33. The van der Waals surface area contributed by atoms with Gasteiger partial charge in [-0.1, -0.05) is 64.1 Å². The van der Waals surface area contributed by atoms with E-state index in [-0.39, 0.29) is 18.4 Å². The molecule has 0 aliphatic rings. The van der Waals surface area contributed by atoms with Crippen molar-refractivity contribution >= 4 is 27.7 Å². The number of hydrogen-bond donors (Lipinski definition) is 1. The quantitative estimate of drug-likeness (QED) is 0.426. The highest BCUT2D eigenvalue weighted by molar-refractivity contribution is 9.10. The van der Waals surface area contributed by atoms with Gasteiger partial charge in [0.25, 0.3) is 5.91 Å².